The van der Waals surface area contributed by atoms with E-state index in [0.29, 0.717) is 12.1 Å². The maximum atomic E-state index is 12.7. The molecule has 0 bridgehead atoms. The van der Waals surface area contributed by atoms with Gasteiger partial charge in [0.15, 0.2) is 0 Å². The molecule has 2 rings (SSSR count). The third kappa shape index (κ3) is 3.51. The van der Waals surface area contributed by atoms with Crippen LogP contribution in [0.5, 0.6) is 0 Å². The van der Waals surface area contributed by atoms with Gasteiger partial charge < -0.3 is 10.0 Å². The third-order valence-corrected chi connectivity index (χ3v) is 3.47. The first-order valence-electron chi connectivity index (χ1n) is 7.35. The maximum absolute atomic E-state index is 12.7. The molecule has 0 spiro atoms. The standard InChI is InChI=1S/C16H22N4O2/c1-11(2)19(8-13(4)21)16(22)15-6-5-14(7-12(15)3)20-10-17-9-18-20/h5-7,9-11,13,21H,8H2,1-4H3. The van der Waals surface area contributed by atoms with E-state index in [1.807, 2.05) is 32.9 Å². The summed E-state index contributed by atoms with van der Waals surface area (Å²) in [6, 6.07) is 5.57. The van der Waals surface area contributed by atoms with Gasteiger partial charge in [0.1, 0.15) is 12.7 Å². The van der Waals surface area contributed by atoms with Gasteiger partial charge in [0.25, 0.3) is 5.91 Å². The molecule has 0 aliphatic carbocycles. The molecular formula is C16H22N4O2. The topological polar surface area (TPSA) is 71.2 Å². The predicted molar refractivity (Wildman–Crippen MR) is 83.9 cm³/mol. The molecule has 1 N–H and O–H groups in total. The van der Waals surface area contributed by atoms with Gasteiger partial charge in [-0.1, -0.05) is 0 Å². The highest BCUT2D eigenvalue weighted by molar-refractivity contribution is 5.96. The molecular weight excluding hydrogens is 280 g/mol. The zero-order valence-electron chi connectivity index (χ0n) is 13.4. The number of amides is 1. The van der Waals surface area contributed by atoms with E-state index in [1.165, 1.54) is 6.33 Å². The van der Waals surface area contributed by atoms with E-state index < -0.39 is 6.10 Å². The molecule has 1 aromatic heterocycles. The van der Waals surface area contributed by atoms with E-state index >= 15 is 0 Å². The van der Waals surface area contributed by atoms with Crippen LogP contribution in [-0.4, -0.2) is 49.4 Å². The second-order valence-corrected chi connectivity index (χ2v) is 5.74. The maximum Gasteiger partial charge on any atom is 0.254 e. The Morgan fingerprint density at radius 1 is 1.36 bits per heavy atom. The van der Waals surface area contributed by atoms with E-state index in [9.17, 15) is 9.90 Å². The average molecular weight is 302 g/mol. The molecule has 1 aromatic carbocycles. The summed E-state index contributed by atoms with van der Waals surface area (Å²) in [5.41, 5.74) is 2.37. The van der Waals surface area contributed by atoms with Crippen molar-refractivity contribution in [2.24, 2.45) is 0 Å². The second-order valence-electron chi connectivity index (χ2n) is 5.74. The fraction of sp³-hybridized carbons (Fsp3) is 0.438. The molecule has 1 amide bonds. The minimum absolute atomic E-state index is 0.0245. The molecule has 2 aromatic rings. The molecule has 1 heterocycles. The fourth-order valence-corrected chi connectivity index (χ4v) is 2.34. The number of aryl methyl sites for hydroxylation is 1. The van der Waals surface area contributed by atoms with E-state index in [-0.39, 0.29) is 11.9 Å². The summed E-state index contributed by atoms with van der Waals surface area (Å²) in [6.07, 6.45) is 2.53. The molecule has 1 unspecified atom stereocenters. The van der Waals surface area contributed by atoms with E-state index in [1.54, 1.807) is 28.9 Å². The Hall–Kier alpha value is -2.21. The average Bonchev–Trinajstić information content (AvgIpc) is 2.97. The minimum atomic E-state index is -0.555. The van der Waals surface area contributed by atoms with Crippen molar-refractivity contribution in [1.82, 2.24) is 19.7 Å². The number of hydrogen-bond donors (Lipinski definition) is 1. The lowest BCUT2D eigenvalue weighted by Crippen LogP contribution is -2.41. The summed E-state index contributed by atoms with van der Waals surface area (Å²) in [4.78, 5) is 18.3. The molecule has 0 aliphatic rings. The lowest BCUT2D eigenvalue weighted by molar-refractivity contribution is 0.0578. The van der Waals surface area contributed by atoms with Gasteiger partial charge in [-0.2, -0.15) is 5.10 Å². The number of rotatable bonds is 5. The molecule has 6 nitrogen and oxygen atoms in total. The lowest BCUT2D eigenvalue weighted by Gasteiger charge is -2.28. The van der Waals surface area contributed by atoms with Crippen LogP contribution in [0.25, 0.3) is 5.69 Å². The summed E-state index contributed by atoms with van der Waals surface area (Å²) in [7, 11) is 0. The highest BCUT2D eigenvalue weighted by Gasteiger charge is 2.21. The zero-order valence-corrected chi connectivity index (χ0v) is 13.4. The Balaban J connectivity index is 2.29. The highest BCUT2D eigenvalue weighted by atomic mass is 16.3. The molecule has 0 fully saturated rings. The number of nitrogens with zero attached hydrogens (tertiary/aromatic N) is 4. The van der Waals surface area contributed by atoms with E-state index in [2.05, 4.69) is 10.1 Å². The molecule has 6 heteroatoms. The van der Waals surface area contributed by atoms with Gasteiger partial charge >= 0.3 is 0 Å². The van der Waals surface area contributed by atoms with Gasteiger partial charge in [-0.15, -0.1) is 0 Å². The van der Waals surface area contributed by atoms with Crippen LogP contribution < -0.4 is 0 Å². The summed E-state index contributed by atoms with van der Waals surface area (Å²) in [5.74, 6) is -0.0708. The van der Waals surface area contributed by atoms with Gasteiger partial charge in [-0.05, 0) is 51.5 Å². The van der Waals surface area contributed by atoms with Gasteiger partial charge in [-0.25, -0.2) is 9.67 Å². The van der Waals surface area contributed by atoms with E-state index in [4.69, 9.17) is 0 Å². The number of aliphatic hydroxyl groups is 1. The van der Waals surface area contributed by atoms with Crippen LogP contribution >= 0.6 is 0 Å². The van der Waals surface area contributed by atoms with Crippen molar-refractivity contribution in [1.29, 1.82) is 0 Å². The first-order valence-corrected chi connectivity index (χ1v) is 7.35. The molecule has 1 atom stereocenters. The Morgan fingerprint density at radius 3 is 2.59 bits per heavy atom. The van der Waals surface area contributed by atoms with Crippen LogP contribution in [0.1, 0.15) is 36.7 Å². The van der Waals surface area contributed by atoms with Gasteiger partial charge in [0, 0.05) is 18.2 Å². The summed E-state index contributed by atoms with van der Waals surface area (Å²) >= 11 is 0. The Kier molecular flexibility index (Phi) is 4.92. The molecule has 0 aliphatic heterocycles. The number of aromatic nitrogens is 3. The number of carbonyl (C=O) groups excluding carboxylic acids is 1. The first-order chi connectivity index (χ1) is 10.4. The second kappa shape index (κ2) is 6.70. The normalized spacial score (nSPS) is 12.5. The summed E-state index contributed by atoms with van der Waals surface area (Å²) < 4.78 is 1.65. The van der Waals surface area contributed by atoms with Gasteiger partial charge in [0.2, 0.25) is 0 Å². The Morgan fingerprint density at radius 2 is 2.09 bits per heavy atom. The van der Waals surface area contributed by atoms with Crippen LogP contribution in [0.3, 0.4) is 0 Å². The van der Waals surface area contributed by atoms with Crippen molar-refractivity contribution in [2.45, 2.75) is 39.8 Å². The van der Waals surface area contributed by atoms with Crippen LogP contribution in [0.15, 0.2) is 30.9 Å². The quantitative estimate of drug-likeness (QED) is 0.914. The number of benzene rings is 1. The zero-order chi connectivity index (χ0) is 16.3. The van der Waals surface area contributed by atoms with Crippen molar-refractivity contribution in [3.8, 4) is 5.69 Å². The van der Waals surface area contributed by atoms with Crippen molar-refractivity contribution in [3.63, 3.8) is 0 Å². The Bertz CT molecular complexity index is 636. The minimum Gasteiger partial charge on any atom is -0.392 e. The molecule has 0 radical (unpaired) electrons. The van der Waals surface area contributed by atoms with E-state index in [0.717, 1.165) is 11.3 Å². The van der Waals surface area contributed by atoms with Crippen LogP contribution in [-0.2, 0) is 0 Å². The first kappa shape index (κ1) is 16.2. The predicted octanol–water partition coefficient (Wildman–Crippen LogP) is 1.81. The highest BCUT2D eigenvalue weighted by Crippen LogP contribution is 2.17. The van der Waals surface area contributed by atoms with Crippen LogP contribution in [0, 0.1) is 6.92 Å². The largest absolute Gasteiger partial charge is 0.392 e. The third-order valence-electron chi connectivity index (χ3n) is 3.47. The van der Waals surface area contributed by atoms with Crippen molar-refractivity contribution < 1.29 is 9.90 Å². The lowest BCUT2D eigenvalue weighted by atomic mass is 10.1. The molecule has 0 saturated carbocycles. The van der Waals surface area contributed by atoms with Crippen LogP contribution in [0.4, 0.5) is 0 Å². The van der Waals surface area contributed by atoms with Gasteiger partial charge in [0.05, 0.1) is 11.8 Å². The number of aliphatic hydroxyl groups excluding tert-OH is 1. The Labute approximate surface area is 130 Å². The molecule has 0 saturated heterocycles. The molecule has 118 valence electrons. The van der Waals surface area contributed by atoms with Gasteiger partial charge in [-0.3, -0.25) is 4.79 Å². The van der Waals surface area contributed by atoms with Crippen LogP contribution in [0.2, 0.25) is 0 Å². The monoisotopic (exact) mass is 302 g/mol. The smallest absolute Gasteiger partial charge is 0.254 e. The van der Waals surface area contributed by atoms with Crippen molar-refractivity contribution in [2.75, 3.05) is 6.54 Å². The summed E-state index contributed by atoms with van der Waals surface area (Å²) in [5, 5.41) is 13.7. The number of carbonyl (C=O) groups is 1. The fourth-order valence-electron chi connectivity index (χ4n) is 2.34. The SMILES string of the molecule is Cc1cc(-n2cncn2)ccc1C(=O)N(CC(C)O)C(C)C. The van der Waals surface area contributed by atoms with Crippen molar-refractivity contribution >= 4 is 5.91 Å². The number of hydrogen-bond acceptors (Lipinski definition) is 4. The molecule has 22 heavy (non-hydrogen) atoms. The summed E-state index contributed by atoms with van der Waals surface area (Å²) in [6.45, 7) is 7.79. The van der Waals surface area contributed by atoms with Crippen molar-refractivity contribution in [3.05, 3.63) is 42.0 Å².